The number of benzene rings is 10. The second kappa shape index (κ2) is 16.4. The lowest BCUT2D eigenvalue weighted by Crippen LogP contribution is -2.04. The zero-order valence-electron chi connectivity index (χ0n) is 36.9. The molecule has 0 saturated carbocycles. The number of rotatable bonds is 8. The van der Waals surface area contributed by atoms with E-state index in [-0.39, 0.29) is 0 Å². The van der Waals surface area contributed by atoms with Crippen LogP contribution in [0, 0.1) is 0 Å². The second-order valence-corrected chi connectivity index (χ2v) is 17.2. The van der Waals surface area contributed by atoms with Crippen molar-refractivity contribution in [1.82, 2.24) is 24.1 Å². The maximum absolute atomic E-state index is 5.33. The normalized spacial score (nSPS) is 11.5. The zero-order valence-corrected chi connectivity index (χ0v) is 36.9. The molecule has 5 heteroatoms. The van der Waals surface area contributed by atoms with E-state index in [4.69, 9.17) is 15.0 Å². The van der Waals surface area contributed by atoms with E-state index in [2.05, 4.69) is 234 Å². The van der Waals surface area contributed by atoms with Crippen LogP contribution in [0.5, 0.6) is 0 Å². The summed E-state index contributed by atoms with van der Waals surface area (Å²) in [5.41, 5.74) is 16.1. The first-order valence-corrected chi connectivity index (χ1v) is 23.0. The molecule has 0 spiro atoms. The molecule has 0 atom stereocenters. The highest BCUT2D eigenvalue weighted by Crippen LogP contribution is 2.47. The van der Waals surface area contributed by atoms with Gasteiger partial charge in [-0.3, -0.25) is 0 Å². The predicted octanol–water partition coefficient (Wildman–Crippen LogP) is 16.1. The van der Waals surface area contributed by atoms with Crippen molar-refractivity contribution in [2.75, 3.05) is 0 Å². The third kappa shape index (κ3) is 6.59. The molecule has 3 aromatic heterocycles. The van der Waals surface area contributed by atoms with Crippen LogP contribution in [-0.4, -0.2) is 24.1 Å². The summed E-state index contributed by atoms with van der Waals surface area (Å²) in [7, 11) is 0. The number of aromatic nitrogens is 5. The van der Waals surface area contributed by atoms with Crippen LogP contribution in [0.25, 0.3) is 123 Å². The maximum Gasteiger partial charge on any atom is 0.164 e. The summed E-state index contributed by atoms with van der Waals surface area (Å²) in [4.78, 5) is 15.7. The molecule has 0 aliphatic rings. The lowest BCUT2D eigenvalue weighted by Gasteiger charge is -2.21. The van der Waals surface area contributed by atoms with Gasteiger partial charge >= 0.3 is 0 Å². The molecular weight excluding hydrogens is 827 g/mol. The number of para-hydroxylation sites is 3. The largest absolute Gasteiger partial charge is 0.309 e. The fourth-order valence-corrected chi connectivity index (χ4v) is 10.1. The highest BCUT2D eigenvalue weighted by Gasteiger charge is 2.25. The van der Waals surface area contributed by atoms with Crippen molar-refractivity contribution in [2.24, 2.45) is 0 Å². The van der Waals surface area contributed by atoms with Gasteiger partial charge in [-0.05, 0) is 64.7 Å². The average molecular weight is 868 g/mol. The van der Waals surface area contributed by atoms with Crippen LogP contribution in [0.2, 0.25) is 0 Å². The summed E-state index contributed by atoms with van der Waals surface area (Å²) in [6.07, 6.45) is 0. The summed E-state index contributed by atoms with van der Waals surface area (Å²) in [6, 6.07) is 88.2. The Hall–Kier alpha value is -9.19. The van der Waals surface area contributed by atoms with Gasteiger partial charge in [0.1, 0.15) is 0 Å². The first-order valence-electron chi connectivity index (χ1n) is 23.0. The third-order valence-corrected chi connectivity index (χ3v) is 13.2. The quantitative estimate of drug-likeness (QED) is 0.153. The van der Waals surface area contributed by atoms with Crippen molar-refractivity contribution in [1.29, 1.82) is 0 Å². The van der Waals surface area contributed by atoms with Crippen LogP contribution < -0.4 is 0 Å². The molecule has 13 aromatic rings. The minimum Gasteiger partial charge on any atom is -0.309 e. The third-order valence-electron chi connectivity index (χ3n) is 13.2. The minimum atomic E-state index is 0.596. The molecule has 0 amide bonds. The van der Waals surface area contributed by atoms with Crippen molar-refractivity contribution in [2.45, 2.75) is 0 Å². The second-order valence-electron chi connectivity index (χ2n) is 17.2. The smallest absolute Gasteiger partial charge is 0.164 e. The molecule has 0 aliphatic heterocycles. The fourth-order valence-electron chi connectivity index (χ4n) is 10.1. The predicted molar refractivity (Wildman–Crippen MR) is 281 cm³/mol. The minimum absolute atomic E-state index is 0.596. The molecule has 0 radical (unpaired) electrons. The van der Waals surface area contributed by atoms with E-state index in [0.29, 0.717) is 17.5 Å². The van der Waals surface area contributed by atoms with E-state index in [1.165, 1.54) is 32.6 Å². The van der Waals surface area contributed by atoms with E-state index in [1.807, 2.05) is 24.3 Å². The number of fused-ring (bicyclic) bond motifs is 7. The monoisotopic (exact) mass is 867 g/mol. The van der Waals surface area contributed by atoms with Gasteiger partial charge in [0.05, 0.1) is 27.8 Å². The van der Waals surface area contributed by atoms with Gasteiger partial charge < -0.3 is 9.13 Å². The maximum atomic E-state index is 5.33. The summed E-state index contributed by atoms with van der Waals surface area (Å²) >= 11 is 0. The number of nitrogens with zero attached hydrogens (tertiary/aromatic N) is 5. The van der Waals surface area contributed by atoms with Gasteiger partial charge in [-0.1, -0.05) is 206 Å². The molecule has 318 valence electrons. The summed E-state index contributed by atoms with van der Waals surface area (Å²) < 4.78 is 4.94. The van der Waals surface area contributed by atoms with Crippen molar-refractivity contribution >= 4 is 43.6 Å². The van der Waals surface area contributed by atoms with E-state index in [1.54, 1.807) is 0 Å². The zero-order chi connectivity index (χ0) is 45.0. The van der Waals surface area contributed by atoms with E-state index >= 15 is 0 Å². The molecule has 0 bridgehead atoms. The van der Waals surface area contributed by atoms with Gasteiger partial charge in [0.15, 0.2) is 17.5 Å². The van der Waals surface area contributed by atoms with E-state index < -0.39 is 0 Å². The Bertz CT molecular complexity index is 3910. The molecule has 0 N–H and O–H groups in total. The SMILES string of the molecule is c1ccc(-c2ccc(-c3nc(-c4ccccc4)nc(-c4cc(-c5ccccc5)c(-n5c6ccccc6c6c5ccc5c7ccccc7n(-c7ccccc7)c56)c(-c5ccccc5)c4)n3)cc2)cc1. The van der Waals surface area contributed by atoms with Gasteiger partial charge in [-0.25, -0.2) is 15.0 Å². The molecule has 13 rings (SSSR count). The van der Waals surface area contributed by atoms with Crippen molar-refractivity contribution < 1.29 is 0 Å². The van der Waals surface area contributed by atoms with Crippen molar-refractivity contribution in [3.8, 4) is 78.9 Å². The molecular formula is C63H41N5. The van der Waals surface area contributed by atoms with Gasteiger partial charge in [0, 0.05) is 55.0 Å². The molecule has 3 heterocycles. The Balaban J connectivity index is 1.11. The van der Waals surface area contributed by atoms with Crippen LogP contribution in [0.1, 0.15) is 0 Å². The molecule has 0 fully saturated rings. The van der Waals surface area contributed by atoms with Gasteiger partial charge in [0.25, 0.3) is 0 Å². The number of hydrogen-bond acceptors (Lipinski definition) is 3. The van der Waals surface area contributed by atoms with Crippen LogP contribution in [0.4, 0.5) is 0 Å². The summed E-state index contributed by atoms with van der Waals surface area (Å²) in [6.45, 7) is 0. The molecule has 10 aromatic carbocycles. The highest BCUT2D eigenvalue weighted by atomic mass is 15.0. The number of hydrogen-bond donors (Lipinski definition) is 0. The van der Waals surface area contributed by atoms with E-state index in [9.17, 15) is 0 Å². The lowest BCUT2D eigenvalue weighted by atomic mass is 9.92. The topological polar surface area (TPSA) is 48.5 Å². The van der Waals surface area contributed by atoms with E-state index in [0.717, 1.165) is 72.5 Å². The Labute approximate surface area is 393 Å². The Morgan fingerprint density at radius 2 is 0.676 bits per heavy atom. The van der Waals surface area contributed by atoms with Crippen molar-refractivity contribution in [3.63, 3.8) is 0 Å². The first-order chi connectivity index (χ1) is 33.7. The lowest BCUT2D eigenvalue weighted by molar-refractivity contribution is 1.07. The molecule has 5 nitrogen and oxygen atoms in total. The summed E-state index contributed by atoms with van der Waals surface area (Å²) in [5.74, 6) is 1.82. The van der Waals surface area contributed by atoms with Crippen molar-refractivity contribution in [3.05, 3.63) is 249 Å². The van der Waals surface area contributed by atoms with Crippen LogP contribution in [0.15, 0.2) is 249 Å². The molecule has 0 aliphatic carbocycles. The Kier molecular flexibility index (Phi) is 9.43. The molecule has 0 saturated heterocycles. The van der Waals surface area contributed by atoms with Gasteiger partial charge in [-0.2, -0.15) is 0 Å². The van der Waals surface area contributed by atoms with Crippen LogP contribution in [-0.2, 0) is 0 Å². The highest BCUT2D eigenvalue weighted by molar-refractivity contribution is 6.26. The molecule has 0 unspecified atom stereocenters. The van der Waals surface area contributed by atoms with Crippen LogP contribution in [0.3, 0.4) is 0 Å². The molecule has 68 heavy (non-hydrogen) atoms. The standard InChI is InChI=1S/C63H41N5/c1-6-20-42(21-7-1)43-34-36-47(37-35-43)62-64-61(46-26-12-4-13-27-46)65-63(66-62)48-40-53(44-22-8-2-9-23-44)59(54(41-48)45-24-10-3-11-25-45)68-56-33-19-17-31-52(56)58-57(68)39-38-51-50-30-16-18-32-55(50)67(60(51)58)49-28-14-5-15-29-49/h1-41H. The van der Waals surface area contributed by atoms with Crippen LogP contribution >= 0.6 is 0 Å². The Morgan fingerprint density at radius 1 is 0.265 bits per heavy atom. The van der Waals surface area contributed by atoms with Gasteiger partial charge in [-0.15, -0.1) is 0 Å². The fraction of sp³-hybridized carbons (Fsp3) is 0. The first kappa shape index (κ1) is 39.2. The Morgan fingerprint density at radius 3 is 1.25 bits per heavy atom. The average Bonchev–Trinajstić information content (AvgIpc) is 3.94. The van der Waals surface area contributed by atoms with Gasteiger partial charge in [0.2, 0.25) is 0 Å². The summed E-state index contributed by atoms with van der Waals surface area (Å²) in [5, 5.41) is 4.83.